The van der Waals surface area contributed by atoms with E-state index in [0.717, 1.165) is 11.1 Å². The number of rotatable bonds is 10. The van der Waals surface area contributed by atoms with Gasteiger partial charge in [-0.1, -0.05) is 60.7 Å². The van der Waals surface area contributed by atoms with Gasteiger partial charge in [-0.15, -0.1) is 0 Å². The highest BCUT2D eigenvalue weighted by molar-refractivity contribution is 5.36. The van der Waals surface area contributed by atoms with Gasteiger partial charge in [0.2, 0.25) is 6.29 Å². The van der Waals surface area contributed by atoms with Gasteiger partial charge in [0, 0.05) is 12.1 Å². The van der Waals surface area contributed by atoms with Crippen LogP contribution in [0.25, 0.3) is 0 Å². The minimum atomic E-state index is -1.32. The van der Waals surface area contributed by atoms with Gasteiger partial charge in [-0.2, -0.15) is 0 Å². The van der Waals surface area contributed by atoms with E-state index in [-0.39, 0.29) is 18.9 Å². The van der Waals surface area contributed by atoms with Gasteiger partial charge in [0.1, 0.15) is 30.2 Å². The summed E-state index contributed by atoms with van der Waals surface area (Å²) in [5, 5.41) is 32.6. The van der Waals surface area contributed by atoms with Crippen molar-refractivity contribution in [3.05, 3.63) is 106 Å². The Morgan fingerprint density at radius 2 is 1.43 bits per heavy atom. The smallest absolute Gasteiger partial charge is 0.269 e. The lowest BCUT2D eigenvalue weighted by Crippen LogP contribution is -2.61. The summed E-state index contributed by atoms with van der Waals surface area (Å²) in [5.41, 5.74) is 1.75. The normalized spacial score (nSPS) is 24.1. The number of hydrogen-bond acceptors (Lipinski definition) is 8. The highest BCUT2D eigenvalue weighted by Crippen LogP contribution is 2.28. The molecule has 2 N–H and O–H groups in total. The number of benzene rings is 3. The van der Waals surface area contributed by atoms with E-state index < -0.39 is 35.6 Å². The second-order valence-electron chi connectivity index (χ2n) is 8.15. The lowest BCUT2D eigenvalue weighted by atomic mass is 9.99. The van der Waals surface area contributed by atoms with Crippen molar-refractivity contribution in [2.45, 2.75) is 43.9 Å². The molecule has 184 valence electrons. The fourth-order valence-electron chi connectivity index (χ4n) is 3.73. The van der Waals surface area contributed by atoms with Crippen LogP contribution >= 0.6 is 0 Å². The maximum Gasteiger partial charge on any atom is 0.269 e. The molecule has 3 aromatic carbocycles. The minimum absolute atomic E-state index is 0.0125. The first kappa shape index (κ1) is 24.8. The topological polar surface area (TPSA) is 121 Å². The zero-order valence-corrected chi connectivity index (χ0v) is 18.9. The summed E-state index contributed by atoms with van der Waals surface area (Å²) in [6.07, 6.45) is -5.59. The number of nitrogens with zero attached hydrogens (tertiary/aromatic N) is 1. The predicted octanol–water partition coefficient (Wildman–Crippen LogP) is 3.22. The standard InChI is InChI=1S/C26H27NO8/c28-23-22(17-32-15-18-7-3-1-4-8-18)35-26(34-21-13-11-20(12-14-21)27(30)31)25(24(23)29)33-16-19-9-5-2-6-10-19/h1-14,22-26,28-29H,15-17H2/t22?,23-,24?,25?,26+/m0/s1. The van der Waals surface area contributed by atoms with E-state index in [4.69, 9.17) is 18.9 Å². The predicted molar refractivity (Wildman–Crippen MR) is 126 cm³/mol. The van der Waals surface area contributed by atoms with Gasteiger partial charge in [-0.25, -0.2) is 0 Å². The van der Waals surface area contributed by atoms with Gasteiger partial charge in [0.15, 0.2) is 0 Å². The third-order valence-electron chi connectivity index (χ3n) is 5.62. The maximum atomic E-state index is 10.9. The lowest BCUT2D eigenvalue weighted by molar-refractivity contribution is -0.384. The summed E-state index contributed by atoms with van der Waals surface area (Å²) >= 11 is 0. The Labute approximate surface area is 202 Å². The van der Waals surface area contributed by atoms with Crippen LogP contribution < -0.4 is 4.74 Å². The molecule has 1 aliphatic heterocycles. The Morgan fingerprint density at radius 1 is 0.829 bits per heavy atom. The third kappa shape index (κ3) is 6.62. The molecule has 3 unspecified atom stereocenters. The van der Waals surface area contributed by atoms with Gasteiger partial charge < -0.3 is 29.2 Å². The maximum absolute atomic E-state index is 10.9. The van der Waals surface area contributed by atoms with Crippen molar-refractivity contribution < 1.29 is 34.1 Å². The number of nitro groups is 1. The summed E-state index contributed by atoms with van der Waals surface area (Å²) in [6.45, 7) is 0.484. The lowest BCUT2D eigenvalue weighted by Gasteiger charge is -2.42. The van der Waals surface area contributed by atoms with Crippen molar-refractivity contribution in [2.24, 2.45) is 0 Å². The zero-order chi connectivity index (χ0) is 24.6. The molecular weight excluding hydrogens is 454 g/mol. The molecule has 3 aromatic rings. The summed E-state index contributed by atoms with van der Waals surface area (Å²) in [7, 11) is 0. The minimum Gasteiger partial charge on any atom is -0.462 e. The van der Waals surface area contributed by atoms with E-state index in [9.17, 15) is 20.3 Å². The molecule has 0 aromatic heterocycles. The van der Waals surface area contributed by atoms with Crippen LogP contribution in [0.4, 0.5) is 5.69 Å². The van der Waals surface area contributed by atoms with Gasteiger partial charge in [0.05, 0.1) is 24.7 Å². The summed E-state index contributed by atoms with van der Waals surface area (Å²) in [6, 6.07) is 24.4. The number of nitro benzene ring substituents is 1. The SMILES string of the molecule is O=[N+]([O-])c1ccc(O[C@@H]2OC(COCc3ccccc3)[C@H](O)C(O)C2OCc2ccccc2)cc1. The fourth-order valence-corrected chi connectivity index (χ4v) is 3.73. The second-order valence-corrected chi connectivity index (χ2v) is 8.15. The van der Waals surface area contributed by atoms with Crippen LogP contribution in [0.2, 0.25) is 0 Å². The molecule has 0 amide bonds. The Kier molecular flexibility index (Phi) is 8.40. The van der Waals surface area contributed by atoms with Crippen LogP contribution in [0.15, 0.2) is 84.9 Å². The summed E-state index contributed by atoms with van der Waals surface area (Å²) < 4.78 is 23.5. The van der Waals surface area contributed by atoms with Crippen molar-refractivity contribution in [3.8, 4) is 5.75 Å². The third-order valence-corrected chi connectivity index (χ3v) is 5.62. The molecule has 0 spiro atoms. The molecule has 0 radical (unpaired) electrons. The molecule has 1 aliphatic rings. The van der Waals surface area contributed by atoms with Gasteiger partial charge in [0.25, 0.3) is 5.69 Å². The van der Waals surface area contributed by atoms with Crippen molar-refractivity contribution in [2.75, 3.05) is 6.61 Å². The first-order valence-corrected chi connectivity index (χ1v) is 11.2. The first-order chi connectivity index (χ1) is 17.0. The molecule has 0 saturated carbocycles. The average Bonchev–Trinajstić information content (AvgIpc) is 2.88. The highest BCUT2D eigenvalue weighted by Gasteiger charge is 2.46. The van der Waals surface area contributed by atoms with E-state index in [1.807, 2.05) is 60.7 Å². The average molecular weight is 482 g/mol. The summed E-state index contributed by atoms with van der Waals surface area (Å²) in [4.78, 5) is 10.4. The Morgan fingerprint density at radius 3 is 2.03 bits per heavy atom. The molecule has 1 heterocycles. The van der Waals surface area contributed by atoms with Crippen LogP contribution in [-0.2, 0) is 27.4 Å². The molecule has 1 fully saturated rings. The van der Waals surface area contributed by atoms with Crippen molar-refractivity contribution >= 4 is 5.69 Å². The van der Waals surface area contributed by atoms with Crippen LogP contribution in [0.5, 0.6) is 5.75 Å². The molecular formula is C26H27NO8. The molecule has 4 rings (SSSR count). The number of aliphatic hydroxyl groups is 2. The Balaban J connectivity index is 1.46. The molecule has 9 nitrogen and oxygen atoms in total. The largest absolute Gasteiger partial charge is 0.462 e. The molecule has 0 aliphatic carbocycles. The molecule has 1 saturated heterocycles. The monoisotopic (exact) mass is 481 g/mol. The van der Waals surface area contributed by atoms with Crippen LogP contribution in [0.3, 0.4) is 0 Å². The summed E-state index contributed by atoms with van der Waals surface area (Å²) in [5.74, 6) is 0.293. The molecule has 0 bridgehead atoms. The number of aliphatic hydroxyl groups excluding tert-OH is 2. The quantitative estimate of drug-likeness (QED) is 0.335. The van der Waals surface area contributed by atoms with E-state index >= 15 is 0 Å². The van der Waals surface area contributed by atoms with Crippen LogP contribution in [0.1, 0.15) is 11.1 Å². The van der Waals surface area contributed by atoms with Gasteiger partial charge in [-0.3, -0.25) is 10.1 Å². The molecule has 9 heteroatoms. The molecule has 5 atom stereocenters. The number of ether oxygens (including phenoxy) is 4. The van der Waals surface area contributed by atoms with E-state index in [0.29, 0.717) is 12.4 Å². The van der Waals surface area contributed by atoms with Crippen molar-refractivity contribution in [1.29, 1.82) is 0 Å². The van der Waals surface area contributed by atoms with Crippen LogP contribution in [-0.4, -0.2) is 52.4 Å². The van der Waals surface area contributed by atoms with Gasteiger partial charge in [-0.05, 0) is 23.3 Å². The van der Waals surface area contributed by atoms with E-state index in [2.05, 4.69) is 0 Å². The van der Waals surface area contributed by atoms with E-state index in [1.54, 1.807) is 0 Å². The van der Waals surface area contributed by atoms with Gasteiger partial charge >= 0.3 is 0 Å². The highest BCUT2D eigenvalue weighted by atomic mass is 16.7. The van der Waals surface area contributed by atoms with E-state index in [1.165, 1.54) is 24.3 Å². The Hall–Kier alpha value is -3.34. The first-order valence-electron chi connectivity index (χ1n) is 11.2. The van der Waals surface area contributed by atoms with Crippen molar-refractivity contribution in [1.82, 2.24) is 0 Å². The van der Waals surface area contributed by atoms with Crippen molar-refractivity contribution in [3.63, 3.8) is 0 Å². The zero-order valence-electron chi connectivity index (χ0n) is 18.9. The second kappa shape index (κ2) is 11.9. The number of hydrogen-bond donors (Lipinski definition) is 2. The molecule has 35 heavy (non-hydrogen) atoms. The number of non-ortho nitro benzene ring substituents is 1. The fraction of sp³-hybridized carbons (Fsp3) is 0.308. The van der Waals surface area contributed by atoms with Crippen LogP contribution in [0, 0.1) is 10.1 Å². The Bertz CT molecular complexity index is 1060.